The molecule has 2 aromatic rings. The van der Waals surface area contributed by atoms with Crippen molar-refractivity contribution in [2.45, 2.75) is 45.6 Å². The minimum atomic E-state index is -3.37. The zero-order chi connectivity index (χ0) is 19.3. The Hall–Kier alpha value is -1.71. The molecule has 2 heterocycles. The number of hydrogen-bond acceptors (Lipinski definition) is 6. The van der Waals surface area contributed by atoms with Crippen LogP contribution in [0.25, 0.3) is 0 Å². The summed E-state index contributed by atoms with van der Waals surface area (Å²) in [5, 5.41) is 4.60. The normalized spacial score (nSPS) is 12.2. The third kappa shape index (κ3) is 4.93. The molecule has 0 spiro atoms. The lowest BCUT2D eigenvalue weighted by molar-refractivity contribution is 0.182. The van der Waals surface area contributed by atoms with Gasteiger partial charge in [-0.15, -0.1) is 0 Å². The Morgan fingerprint density at radius 1 is 1.27 bits per heavy atom. The maximum atomic E-state index is 12.3. The maximum absolute atomic E-state index is 12.3. The van der Waals surface area contributed by atoms with E-state index >= 15 is 0 Å². The zero-order valence-electron chi connectivity index (χ0n) is 16.3. The van der Waals surface area contributed by atoms with Gasteiger partial charge in [0.05, 0.1) is 36.5 Å². The van der Waals surface area contributed by atoms with Crippen molar-refractivity contribution in [1.82, 2.24) is 24.2 Å². The van der Waals surface area contributed by atoms with Gasteiger partial charge in [-0.2, -0.15) is 5.10 Å². The summed E-state index contributed by atoms with van der Waals surface area (Å²) >= 11 is 0. The number of imidazole rings is 1. The second-order valence-corrected chi connectivity index (χ2v) is 8.64. The van der Waals surface area contributed by atoms with Gasteiger partial charge in [0.2, 0.25) is 15.0 Å². The number of ether oxygens (including phenoxy) is 1. The highest BCUT2D eigenvalue weighted by atomic mass is 32.2. The van der Waals surface area contributed by atoms with E-state index in [2.05, 4.69) is 21.0 Å². The van der Waals surface area contributed by atoms with Crippen molar-refractivity contribution in [3.8, 4) is 0 Å². The van der Waals surface area contributed by atoms with E-state index in [4.69, 9.17) is 4.74 Å². The Bertz CT molecular complexity index is 826. The Morgan fingerprint density at radius 2 is 2.00 bits per heavy atom. The van der Waals surface area contributed by atoms with Crippen LogP contribution in [0.1, 0.15) is 24.0 Å². The number of nitrogens with zero attached hydrogens (tertiary/aromatic N) is 5. The smallest absolute Gasteiger partial charge is 0.227 e. The Kier molecular flexibility index (Phi) is 6.96. The molecule has 0 bridgehead atoms. The molecule has 146 valence electrons. The van der Waals surface area contributed by atoms with Crippen molar-refractivity contribution in [3.05, 3.63) is 29.3 Å². The van der Waals surface area contributed by atoms with E-state index < -0.39 is 9.84 Å². The minimum absolute atomic E-state index is 0.0319. The molecule has 0 aliphatic carbocycles. The molecule has 0 N–H and O–H groups in total. The molecule has 9 heteroatoms. The topological polar surface area (TPSA) is 82.3 Å². The van der Waals surface area contributed by atoms with Crippen molar-refractivity contribution < 1.29 is 13.2 Å². The van der Waals surface area contributed by atoms with Crippen LogP contribution in [-0.2, 0) is 34.2 Å². The van der Waals surface area contributed by atoms with Gasteiger partial charge in [0.25, 0.3) is 0 Å². The van der Waals surface area contributed by atoms with E-state index in [0.717, 1.165) is 30.2 Å². The van der Waals surface area contributed by atoms with Crippen LogP contribution in [0, 0.1) is 13.8 Å². The van der Waals surface area contributed by atoms with Crippen molar-refractivity contribution in [3.63, 3.8) is 0 Å². The predicted molar refractivity (Wildman–Crippen MR) is 99.9 cm³/mol. The summed E-state index contributed by atoms with van der Waals surface area (Å²) in [6, 6.07) is 2.06. The molecule has 0 saturated heterocycles. The lowest BCUT2D eigenvalue weighted by Gasteiger charge is -2.19. The summed E-state index contributed by atoms with van der Waals surface area (Å²) in [4.78, 5) is 6.31. The van der Waals surface area contributed by atoms with Crippen LogP contribution in [-0.4, -0.2) is 65.7 Å². The zero-order valence-corrected chi connectivity index (χ0v) is 17.1. The summed E-state index contributed by atoms with van der Waals surface area (Å²) in [6.07, 6.45) is 1.65. The van der Waals surface area contributed by atoms with E-state index in [-0.39, 0.29) is 10.9 Å². The highest BCUT2D eigenvalue weighted by Crippen LogP contribution is 2.15. The van der Waals surface area contributed by atoms with Crippen LogP contribution in [0.3, 0.4) is 0 Å². The largest absolute Gasteiger partial charge is 0.383 e. The first-order valence-corrected chi connectivity index (χ1v) is 10.4. The van der Waals surface area contributed by atoms with E-state index in [1.54, 1.807) is 24.8 Å². The number of sulfone groups is 1. The summed E-state index contributed by atoms with van der Waals surface area (Å²) < 4.78 is 33.4. The average molecular weight is 384 g/mol. The lowest BCUT2D eigenvalue weighted by Crippen LogP contribution is -2.26. The highest BCUT2D eigenvalue weighted by molar-refractivity contribution is 7.91. The fourth-order valence-electron chi connectivity index (χ4n) is 2.84. The van der Waals surface area contributed by atoms with Gasteiger partial charge >= 0.3 is 0 Å². The fraction of sp³-hybridized carbons (Fsp3) is 0.647. The predicted octanol–water partition coefficient (Wildman–Crippen LogP) is 1.27. The van der Waals surface area contributed by atoms with Crippen molar-refractivity contribution >= 4 is 9.84 Å². The molecule has 26 heavy (non-hydrogen) atoms. The van der Waals surface area contributed by atoms with E-state index in [9.17, 15) is 8.42 Å². The van der Waals surface area contributed by atoms with Crippen LogP contribution >= 0.6 is 0 Å². The molecule has 8 nitrogen and oxygen atoms in total. The Labute approximate surface area is 155 Å². The van der Waals surface area contributed by atoms with Crippen LogP contribution in [0.5, 0.6) is 0 Å². The van der Waals surface area contributed by atoms with Crippen molar-refractivity contribution in [1.29, 1.82) is 0 Å². The first-order chi connectivity index (χ1) is 12.3. The van der Waals surface area contributed by atoms with Gasteiger partial charge < -0.3 is 9.30 Å². The van der Waals surface area contributed by atoms with Gasteiger partial charge in [-0.05, 0) is 27.0 Å². The lowest BCUT2D eigenvalue weighted by atomic mass is 10.4. The molecular weight excluding hydrogens is 354 g/mol. The summed E-state index contributed by atoms with van der Waals surface area (Å²) in [5.41, 5.74) is 3.01. The van der Waals surface area contributed by atoms with E-state index in [1.165, 1.54) is 0 Å². The average Bonchev–Trinajstić information content (AvgIpc) is 3.13. The Balaban J connectivity index is 2.11. The molecule has 0 saturated carbocycles. The molecule has 0 atom stereocenters. The van der Waals surface area contributed by atoms with Gasteiger partial charge in [0.1, 0.15) is 0 Å². The molecule has 0 aliphatic heterocycles. The van der Waals surface area contributed by atoms with Gasteiger partial charge in [-0.1, -0.05) is 6.92 Å². The molecule has 0 unspecified atom stereocenters. The van der Waals surface area contributed by atoms with E-state index in [1.807, 2.05) is 25.6 Å². The molecule has 0 radical (unpaired) electrons. The SMILES string of the molecule is CCS(=O)(=O)c1ncc(CN(C)CCn2nc(C)cc2C)n1CCOC. The molecule has 0 aromatic carbocycles. The van der Waals surface area contributed by atoms with E-state index in [0.29, 0.717) is 19.7 Å². The highest BCUT2D eigenvalue weighted by Gasteiger charge is 2.22. The van der Waals surface area contributed by atoms with Gasteiger partial charge in [0, 0.05) is 32.4 Å². The summed E-state index contributed by atoms with van der Waals surface area (Å²) in [6.45, 7) is 8.74. The second kappa shape index (κ2) is 8.79. The first kappa shape index (κ1) is 20.6. The van der Waals surface area contributed by atoms with Gasteiger partial charge in [0.15, 0.2) is 0 Å². The number of aromatic nitrogens is 4. The van der Waals surface area contributed by atoms with Crippen LogP contribution in [0.2, 0.25) is 0 Å². The van der Waals surface area contributed by atoms with Gasteiger partial charge in [-0.3, -0.25) is 9.58 Å². The number of aryl methyl sites for hydroxylation is 2. The first-order valence-electron chi connectivity index (χ1n) is 8.74. The summed E-state index contributed by atoms with van der Waals surface area (Å²) in [7, 11) is 0.241. The van der Waals surface area contributed by atoms with Crippen LogP contribution in [0.15, 0.2) is 17.4 Å². The third-order valence-corrected chi connectivity index (χ3v) is 5.95. The third-order valence-electron chi connectivity index (χ3n) is 4.31. The standard InChI is InChI=1S/C17H29N5O3S/c1-6-26(23,24)17-18-12-16(21(17)9-10-25-5)13-20(4)7-8-22-15(3)11-14(2)19-22/h11-12H,6-10,13H2,1-5H3. The fourth-order valence-corrected chi connectivity index (χ4v) is 3.86. The molecular formula is C17H29N5O3S. The number of methoxy groups -OCH3 is 1. The van der Waals surface area contributed by atoms with Gasteiger partial charge in [-0.25, -0.2) is 13.4 Å². The quantitative estimate of drug-likeness (QED) is 0.614. The monoisotopic (exact) mass is 383 g/mol. The minimum Gasteiger partial charge on any atom is -0.383 e. The Morgan fingerprint density at radius 3 is 2.58 bits per heavy atom. The molecule has 2 aromatic heterocycles. The van der Waals surface area contributed by atoms with Crippen molar-refractivity contribution in [2.75, 3.05) is 33.1 Å². The van der Waals surface area contributed by atoms with Crippen LogP contribution < -0.4 is 0 Å². The molecule has 0 amide bonds. The molecule has 0 aliphatic rings. The van der Waals surface area contributed by atoms with Crippen LogP contribution in [0.4, 0.5) is 0 Å². The molecule has 2 rings (SSSR count). The summed E-state index contributed by atoms with van der Waals surface area (Å²) in [5.74, 6) is 0.0319. The second-order valence-electron chi connectivity index (χ2n) is 6.47. The molecule has 0 fully saturated rings. The number of likely N-dealkylation sites (N-methyl/N-ethyl adjacent to an activating group) is 1. The number of rotatable bonds is 10. The maximum Gasteiger partial charge on any atom is 0.227 e. The van der Waals surface area contributed by atoms with Crippen molar-refractivity contribution in [2.24, 2.45) is 0 Å². The number of hydrogen-bond donors (Lipinski definition) is 0.